The maximum Gasteiger partial charge on any atom is 0.249 e. The van der Waals surface area contributed by atoms with E-state index < -0.39 is 36.9 Å². The third kappa shape index (κ3) is 46.2. The number of hydrogen-bond donors (Lipinski definition) is 5. The molecule has 5 N–H and O–H groups in total. The second kappa shape index (κ2) is 53.0. The van der Waals surface area contributed by atoms with E-state index in [9.17, 15) is 25.2 Å². The number of aliphatic hydroxyl groups excluding tert-OH is 4. The Balaban J connectivity index is 3.57. The first-order valence-corrected chi connectivity index (χ1v) is 29.1. The van der Waals surface area contributed by atoms with E-state index in [0.29, 0.717) is 12.8 Å². The maximum atomic E-state index is 12.6. The van der Waals surface area contributed by atoms with E-state index in [2.05, 4.69) is 31.3 Å². The standard InChI is InChI=1S/C58H115NO5/c1-3-5-7-9-11-13-15-17-19-21-22-23-24-25-26-27-28-29-30-31-32-33-34-35-36-38-39-41-43-45-47-49-51-55(61)57(63)54(53-60)59-58(64)56(62)52-50-48-46-44-42-40-37-20-18-16-14-12-10-8-6-4-2/h43,45,54-57,60-63H,3-42,44,46-53H2,1-2H3,(H,59,64)/b45-43+. The van der Waals surface area contributed by atoms with Crippen LogP contribution in [0.4, 0.5) is 0 Å². The molecule has 0 aliphatic rings. The monoisotopic (exact) mass is 906 g/mol. The van der Waals surface area contributed by atoms with Crippen molar-refractivity contribution in [2.45, 2.75) is 346 Å². The predicted molar refractivity (Wildman–Crippen MR) is 279 cm³/mol. The second-order valence-electron chi connectivity index (χ2n) is 20.3. The molecular weight excluding hydrogens is 791 g/mol. The Kier molecular flexibility index (Phi) is 52.2. The second-order valence-corrected chi connectivity index (χ2v) is 20.3. The van der Waals surface area contributed by atoms with E-state index in [1.165, 1.54) is 257 Å². The molecule has 382 valence electrons. The fraction of sp³-hybridized carbons (Fsp3) is 0.948. The van der Waals surface area contributed by atoms with Crippen molar-refractivity contribution in [3.8, 4) is 0 Å². The summed E-state index contributed by atoms with van der Waals surface area (Å²) < 4.78 is 0. The van der Waals surface area contributed by atoms with Crippen LogP contribution in [-0.2, 0) is 4.79 Å². The SMILES string of the molecule is CCCCCCCCCCCCCCCCCCCCCCCCCCCCC/C=C/CCCC(O)C(O)C(CO)NC(=O)C(O)CCCCCCCCCCCCCCCCCC. The van der Waals surface area contributed by atoms with Crippen LogP contribution in [-0.4, -0.2) is 57.3 Å². The van der Waals surface area contributed by atoms with Gasteiger partial charge in [-0.25, -0.2) is 0 Å². The summed E-state index contributed by atoms with van der Waals surface area (Å²) >= 11 is 0. The summed E-state index contributed by atoms with van der Waals surface area (Å²) in [6, 6.07) is -0.998. The van der Waals surface area contributed by atoms with E-state index in [4.69, 9.17) is 0 Å². The van der Waals surface area contributed by atoms with Gasteiger partial charge < -0.3 is 25.7 Å². The molecule has 0 aromatic rings. The highest BCUT2D eigenvalue weighted by atomic mass is 16.3. The molecule has 0 rings (SSSR count). The Morgan fingerprint density at radius 3 is 0.938 bits per heavy atom. The van der Waals surface area contributed by atoms with Gasteiger partial charge in [-0.1, -0.05) is 296 Å². The van der Waals surface area contributed by atoms with Crippen LogP contribution in [0.5, 0.6) is 0 Å². The number of nitrogens with one attached hydrogen (secondary N) is 1. The van der Waals surface area contributed by atoms with Crippen LogP contribution < -0.4 is 5.32 Å². The quantitative estimate of drug-likeness (QED) is 0.0308. The molecular formula is C58H115NO5. The number of aliphatic hydroxyl groups is 4. The van der Waals surface area contributed by atoms with Gasteiger partial charge in [-0.2, -0.15) is 0 Å². The molecule has 0 aliphatic heterocycles. The van der Waals surface area contributed by atoms with Gasteiger partial charge in [0.05, 0.1) is 18.8 Å². The number of rotatable bonds is 54. The molecule has 0 radical (unpaired) electrons. The molecule has 4 unspecified atom stereocenters. The average Bonchev–Trinajstić information content (AvgIpc) is 3.30. The fourth-order valence-corrected chi connectivity index (χ4v) is 9.41. The van der Waals surface area contributed by atoms with Crippen molar-refractivity contribution in [2.24, 2.45) is 0 Å². The lowest BCUT2D eigenvalue weighted by Crippen LogP contribution is -2.53. The molecule has 1 amide bonds. The van der Waals surface area contributed by atoms with Gasteiger partial charge in [-0.3, -0.25) is 4.79 Å². The Morgan fingerprint density at radius 2 is 0.641 bits per heavy atom. The fourth-order valence-electron chi connectivity index (χ4n) is 9.41. The molecule has 4 atom stereocenters. The highest BCUT2D eigenvalue weighted by Crippen LogP contribution is 2.18. The van der Waals surface area contributed by atoms with Gasteiger partial charge in [0.1, 0.15) is 12.2 Å². The zero-order valence-corrected chi connectivity index (χ0v) is 43.3. The summed E-state index contributed by atoms with van der Waals surface area (Å²) in [5.41, 5.74) is 0. The molecule has 0 saturated heterocycles. The lowest BCUT2D eigenvalue weighted by molar-refractivity contribution is -0.132. The summed E-state index contributed by atoms with van der Waals surface area (Å²) in [7, 11) is 0. The lowest BCUT2D eigenvalue weighted by atomic mass is 10.00. The highest BCUT2D eigenvalue weighted by Gasteiger charge is 2.28. The molecule has 0 aromatic heterocycles. The molecule has 0 aliphatic carbocycles. The molecule has 0 heterocycles. The van der Waals surface area contributed by atoms with Gasteiger partial charge in [0.25, 0.3) is 0 Å². The Hall–Kier alpha value is -0.950. The van der Waals surface area contributed by atoms with Gasteiger partial charge in [0, 0.05) is 0 Å². The van der Waals surface area contributed by atoms with E-state index in [0.717, 1.165) is 38.5 Å². The summed E-state index contributed by atoms with van der Waals surface area (Å²) in [4.78, 5) is 12.6. The van der Waals surface area contributed by atoms with Gasteiger partial charge in [-0.15, -0.1) is 0 Å². The van der Waals surface area contributed by atoms with E-state index in [1.54, 1.807) is 0 Å². The first kappa shape index (κ1) is 63.0. The molecule has 0 spiro atoms. The van der Waals surface area contributed by atoms with Crippen molar-refractivity contribution in [3.63, 3.8) is 0 Å². The van der Waals surface area contributed by atoms with Crippen molar-refractivity contribution in [1.29, 1.82) is 0 Å². The number of unbranched alkanes of at least 4 members (excludes halogenated alkanes) is 43. The molecule has 0 fully saturated rings. The molecule has 64 heavy (non-hydrogen) atoms. The van der Waals surface area contributed by atoms with Crippen LogP contribution in [0.25, 0.3) is 0 Å². The normalized spacial score (nSPS) is 13.8. The van der Waals surface area contributed by atoms with Crippen molar-refractivity contribution in [3.05, 3.63) is 12.2 Å². The minimum atomic E-state index is -1.28. The van der Waals surface area contributed by atoms with Crippen LogP contribution in [0.3, 0.4) is 0 Å². The van der Waals surface area contributed by atoms with Crippen LogP contribution in [0.2, 0.25) is 0 Å². The first-order valence-electron chi connectivity index (χ1n) is 29.1. The number of hydrogen-bond acceptors (Lipinski definition) is 5. The summed E-state index contributed by atoms with van der Waals surface area (Å²) in [6.07, 6.45) is 63.0. The van der Waals surface area contributed by atoms with Crippen molar-refractivity contribution < 1.29 is 25.2 Å². The highest BCUT2D eigenvalue weighted by molar-refractivity contribution is 5.80. The predicted octanol–water partition coefficient (Wildman–Crippen LogP) is 16.9. The van der Waals surface area contributed by atoms with Crippen LogP contribution >= 0.6 is 0 Å². The Morgan fingerprint density at radius 1 is 0.375 bits per heavy atom. The molecule has 0 saturated carbocycles. The van der Waals surface area contributed by atoms with Crippen LogP contribution in [0.15, 0.2) is 12.2 Å². The van der Waals surface area contributed by atoms with E-state index in [1.807, 2.05) is 0 Å². The third-order valence-electron chi connectivity index (χ3n) is 14.0. The lowest BCUT2D eigenvalue weighted by Gasteiger charge is -2.27. The van der Waals surface area contributed by atoms with E-state index >= 15 is 0 Å². The minimum Gasteiger partial charge on any atom is -0.394 e. The van der Waals surface area contributed by atoms with Gasteiger partial charge in [-0.05, 0) is 38.5 Å². The summed E-state index contributed by atoms with van der Waals surface area (Å²) in [5.74, 6) is -0.588. The number of allylic oxidation sites excluding steroid dienone is 2. The van der Waals surface area contributed by atoms with Crippen molar-refractivity contribution in [2.75, 3.05) is 6.61 Å². The smallest absolute Gasteiger partial charge is 0.249 e. The van der Waals surface area contributed by atoms with Crippen molar-refractivity contribution in [1.82, 2.24) is 5.32 Å². The maximum absolute atomic E-state index is 12.6. The number of carbonyl (C=O) groups is 1. The molecule has 6 nitrogen and oxygen atoms in total. The van der Waals surface area contributed by atoms with Gasteiger partial charge in [0.2, 0.25) is 5.91 Å². The molecule has 6 heteroatoms. The van der Waals surface area contributed by atoms with Gasteiger partial charge >= 0.3 is 0 Å². The average molecular weight is 907 g/mol. The summed E-state index contributed by atoms with van der Waals surface area (Å²) in [5, 5.41) is 43.9. The Labute approximate surface area is 400 Å². The summed E-state index contributed by atoms with van der Waals surface area (Å²) in [6.45, 7) is 4.08. The van der Waals surface area contributed by atoms with Gasteiger partial charge in [0.15, 0.2) is 0 Å². The minimum absolute atomic E-state index is 0.368. The third-order valence-corrected chi connectivity index (χ3v) is 14.0. The number of carbonyl (C=O) groups excluding carboxylic acids is 1. The Bertz CT molecular complexity index is 928. The first-order chi connectivity index (χ1) is 31.5. The largest absolute Gasteiger partial charge is 0.394 e. The zero-order chi connectivity index (χ0) is 46.7. The van der Waals surface area contributed by atoms with Crippen LogP contribution in [0, 0.1) is 0 Å². The van der Waals surface area contributed by atoms with E-state index in [-0.39, 0.29) is 0 Å². The molecule has 0 aromatic carbocycles. The molecule has 0 bridgehead atoms. The topological polar surface area (TPSA) is 110 Å². The van der Waals surface area contributed by atoms with Crippen LogP contribution in [0.1, 0.15) is 322 Å². The van der Waals surface area contributed by atoms with Crippen molar-refractivity contribution >= 4 is 5.91 Å². The zero-order valence-electron chi connectivity index (χ0n) is 43.3. The number of amides is 1.